The first kappa shape index (κ1) is 24.7. The molecule has 0 bridgehead atoms. The molecule has 0 spiro atoms. The quantitative estimate of drug-likeness (QED) is 0.275. The second-order valence-electron chi connectivity index (χ2n) is 7.35. The highest BCUT2D eigenvalue weighted by Gasteiger charge is 2.23. The number of fused-ring (bicyclic) bond motifs is 1. The summed E-state index contributed by atoms with van der Waals surface area (Å²) in [5, 5.41) is 3.20. The van der Waals surface area contributed by atoms with E-state index in [-0.39, 0.29) is 17.2 Å². The van der Waals surface area contributed by atoms with Crippen LogP contribution in [0.4, 0.5) is 5.69 Å². The van der Waals surface area contributed by atoms with Gasteiger partial charge in [0.15, 0.2) is 16.7 Å². The molecule has 0 atom stereocenters. The average Bonchev–Trinajstić information content (AvgIpc) is 3.36. The lowest BCUT2D eigenvalue weighted by Crippen LogP contribution is -2.24. The number of methoxy groups -OCH3 is 3. The Hall–Kier alpha value is -3.44. The predicted molar refractivity (Wildman–Crippen MR) is 135 cm³/mol. The molecular weight excluding hydrogens is 490 g/mol. The van der Waals surface area contributed by atoms with Crippen molar-refractivity contribution in [1.29, 1.82) is 0 Å². The van der Waals surface area contributed by atoms with E-state index in [0.717, 1.165) is 11.4 Å². The number of amides is 1. The summed E-state index contributed by atoms with van der Waals surface area (Å²) in [6.45, 7) is 0. The summed E-state index contributed by atoms with van der Waals surface area (Å²) in [6.07, 6.45) is 0.703. The van der Waals surface area contributed by atoms with Gasteiger partial charge in [0.25, 0.3) is 5.56 Å². The Morgan fingerprint density at radius 2 is 1.83 bits per heavy atom. The highest BCUT2D eigenvalue weighted by atomic mass is 32.2. The molecule has 1 N–H and O–H groups in total. The van der Waals surface area contributed by atoms with Crippen LogP contribution in [-0.4, -0.2) is 54.3 Å². The minimum absolute atomic E-state index is 0.0322. The number of aryl methyl sites for hydroxylation is 1. The van der Waals surface area contributed by atoms with Crippen molar-refractivity contribution in [2.24, 2.45) is 0 Å². The molecule has 0 radical (unpaired) electrons. The van der Waals surface area contributed by atoms with E-state index in [1.807, 2.05) is 0 Å². The fourth-order valence-electron chi connectivity index (χ4n) is 3.52. The molecule has 1 aliphatic rings. The minimum atomic E-state index is -0.451. The van der Waals surface area contributed by atoms with E-state index in [1.54, 1.807) is 49.6 Å². The van der Waals surface area contributed by atoms with Crippen LogP contribution in [0.15, 0.2) is 57.3 Å². The fraction of sp³-hybridized carbons (Fsp3) is 0.250. The SMILES string of the molecule is COC(=O)c1ccc(NC(=O)CSc2nc3c(c(=O)n2-c2ccc(OC)c(OC)c2)SCC3)cc1. The van der Waals surface area contributed by atoms with Crippen LogP contribution < -0.4 is 20.3 Å². The third-order valence-corrected chi connectivity index (χ3v) is 7.26. The summed E-state index contributed by atoms with van der Waals surface area (Å²) in [4.78, 5) is 42.9. The molecule has 2 heterocycles. The molecule has 3 aromatic rings. The van der Waals surface area contributed by atoms with Crippen LogP contribution in [-0.2, 0) is 16.0 Å². The predicted octanol–water partition coefficient (Wildman–Crippen LogP) is 3.42. The lowest BCUT2D eigenvalue weighted by Gasteiger charge is -2.15. The van der Waals surface area contributed by atoms with E-state index in [4.69, 9.17) is 14.5 Å². The maximum atomic E-state index is 13.4. The van der Waals surface area contributed by atoms with Crippen LogP contribution in [0.5, 0.6) is 11.5 Å². The number of thioether (sulfide) groups is 2. The first-order valence-electron chi connectivity index (χ1n) is 10.6. The summed E-state index contributed by atoms with van der Waals surface area (Å²) < 4.78 is 16.9. The largest absolute Gasteiger partial charge is 0.493 e. The molecule has 1 aromatic heterocycles. The summed E-state index contributed by atoms with van der Waals surface area (Å²) in [5.74, 6) is 1.12. The Morgan fingerprint density at radius 1 is 1.09 bits per heavy atom. The zero-order valence-corrected chi connectivity index (χ0v) is 21.0. The Kier molecular flexibility index (Phi) is 7.67. The van der Waals surface area contributed by atoms with E-state index >= 15 is 0 Å². The highest BCUT2D eigenvalue weighted by molar-refractivity contribution is 8.00. The van der Waals surface area contributed by atoms with Crippen LogP contribution in [0.1, 0.15) is 16.1 Å². The van der Waals surface area contributed by atoms with Gasteiger partial charge in [-0.25, -0.2) is 9.78 Å². The number of anilines is 1. The third-order valence-electron chi connectivity index (χ3n) is 5.21. The number of hydrogen-bond acceptors (Lipinski definition) is 9. The number of rotatable bonds is 8. The van der Waals surface area contributed by atoms with Gasteiger partial charge in [-0.2, -0.15) is 0 Å². The van der Waals surface area contributed by atoms with Gasteiger partial charge in [-0.1, -0.05) is 11.8 Å². The Balaban J connectivity index is 1.58. The van der Waals surface area contributed by atoms with E-state index in [9.17, 15) is 14.4 Å². The lowest BCUT2D eigenvalue weighted by molar-refractivity contribution is -0.113. The molecule has 35 heavy (non-hydrogen) atoms. The van der Waals surface area contributed by atoms with Gasteiger partial charge in [0.2, 0.25) is 5.91 Å². The molecule has 1 amide bonds. The first-order chi connectivity index (χ1) is 16.9. The van der Waals surface area contributed by atoms with Crippen molar-refractivity contribution in [1.82, 2.24) is 9.55 Å². The Morgan fingerprint density at radius 3 is 2.51 bits per heavy atom. The first-order valence-corrected chi connectivity index (χ1v) is 12.5. The number of nitrogens with one attached hydrogen (secondary N) is 1. The zero-order chi connectivity index (χ0) is 24.9. The molecule has 4 rings (SSSR count). The summed E-state index contributed by atoms with van der Waals surface area (Å²) in [7, 11) is 4.38. The van der Waals surface area contributed by atoms with E-state index < -0.39 is 5.97 Å². The molecule has 11 heteroatoms. The second-order valence-corrected chi connectivity index (χ2v) is 9.40. The van der Waals surface area contributed by atoms with E-state index in [1.165, 1.54) is 42.3 Å². The fourth-order valence-corrected chi connectivity index (χ4v) is 5.37. The minimum Gasteiger partial charge on any atom is -0.493 e. The standard InChI is InChI=1S/C24H23N3O6S2/c1-31-18-9-8-16(12-19(18)32-2)27-22(29)21-17(10-11-34-21)26-24(27)35-13-20(28)25-15-6-4-14(5-7-15)23(30)33-3/h4-9,12H,10-11,13H2,1-3H3,(H,25,28). The monoisotopic (exact) mass is 513 g/mol. The molecule has 0 saturated heterocycles. The third kappa shape index (κ3) is 5.30. The topological polar surface area (TPSA) is 109 Å². The normalized spacial score (nSPS) is 12.1. The molecule has 0 aliphatic carbocycles. The number of hydrogen-bond donors (Lipinski definition) is 1. The Labute approximate surface area is 210 Å². The summed E-state index contributed by atoms with van der Waals surface area (Å²) in [6, 6.07) is 11.6. The van der Waals surface area contributed by atoms with Crippen molar-refractivity contribution in [3.8, 4) is 17.2 Å². The van der Waals surface area contributed by atoms with Gasteiger partial charge in [-0.15, -0.1) is 11.8 Å². The smallest absolute Gasteiger partial charge is 0.337 e. The maximum Gasteiger partial charge on any atom is 0.337 e. The van der Waals surface area contributed by atoms with Crippen molar-refractivity contribution in [2.45, 2.75) is 16.5 Å². The zero-order valence-electron chi connectivity index (χ0n) is 19.3. The molecule has 9 nitrogen and oxygen atoms in total. The van der Waals surface area contributed by atoms with E-state index in [2.05, 4.69) is 10.1 Å². The van der Waals surface area contributed by atoms with Crippen LogP contribution in [0.2, 0.25) is 0 Å². The van der Waals surface area contributed by atoms with Gasteiger partial charge in [0.1, 0.15) is 0 Å². The number of esters is 1. The van der Waals surface area contributed by atoms with Crippen LogP contribution >= 0.6 is 23.5 Å². The summed E-state index contributed by atoms with van der Waals surface area (Å²) >= 11 is 2.66. The summed E-state index contributed by atoms with van der Waals surface area (Å²) in [5.41, 5.74) is 2.07. The number of aromatic nitrogens is 2. The van der Waals surface area contributed by atoms with Crippen molar-refractivity contribution >= 4 is 41.1 Å². The Bertz CT molecular complexity index is 1320. The molecule has 2 aromatic carbocycles. The molecule has 1 aliphatic heterocycles. The van der Waals surface area contributed by atoms with Gasteiger partial charge in [-0.3, -0.25) is 14.2 Å². The van der Waals surface area contributed by atoms with E-state index in [0.29, 0.717) is 44.9 Å². The van der Waals surface area contributed by atoms with Crippen molar-refractivity contribution in [3.05, 3.63) is 64.1 Å². The van der Waals surface area contributed by atoms with Gasteiger partial charge >= 0.3 is 5.97 Å². The average molecular weight is 514 g/mol. The lowest BCUT2D eigenvalue weighted by atomic mass is 10.2. The number of nitrogens with zero attached hydrogens (tertiary/aromatic N) is 2. The molecular formula is C24H23N3O6S2. The molecule has 0 unspecified atom stereocenters. The number of carbonyl (C=O) groups excluding carboxylic acids is 2. The molecule has 0 saturated carbocycles. The highest BCUT2D eigenvalue weighted by Crippen LogP contribution is 2.33. The number of carbonyl (C=O) groups is 2. The number of benzene rings is 2. The van der Waals surface area contributed by atoms with Gasteiger partial charge in [0, 0.05) is 23.9 Å². The number of ether oxygens (including phenoxy) is 3. The molecule has 182 valence electrons. The van der Waals surface area contributed by atoms with Gasteiger partial charge in [-0.05, 0) is 36.4 Å². The van der Waals surface area contributed by atoms with Crippen molar-refractivity contribution < 1.29 is 23.8 Å². The molecule has 0 fully saturated rings. The van der Waals surface area contributed by atoms with Gasteiger partial charge < -0.3 is 19.5 Å². The van der Waals surface area contributed by atoms with Crippen LogP contribution in [0.3, 0.4) is 0 Å². The van der Waals surface area contributed by atoms with Gasteiger partial charge in [0.05, 0.1) is 48.9 Å². The van der Waals surface area contributed by atoms with Crippen molar-refractivity contribution in [2.75, 3.05) is 38.2 Å². The second kappa shape index (κ2) is 10.9. The van der Waals surface area contributed by atoms with Crippen LogP contribution in [0.25, 0.3) is 5.69 Å². The maximum absolute atomic E-state index is 13.4. The van der Waals surface area contributed by atoms with Crippen LogP contribution in [0, 0.1) is 0 Å². The van der Waals surface area contributed by atoms with Crippen molar-refractivity contribution in [3.63, 3.8) is 0 Å².